The topological polar surface area (TPSA) is 40.5 Å². The van der Waals surface area contributed by atoms with E-state index in [0.717, 1.165) is 25.3 Å². The van der Waals surface area contributed by atoms with Gasteiger partial charge in [0.1, 0.15) is 0 Å². The van der Waals surface area contributed by atoms with Crippen LogP contribution in [0.4, 0.5) is 0 Å². The number of piperidine rings is 1. The Balaban J connectivity index is 1.66. The van der Waals surface area contributed by atoms with Crippen LogP contribution in [0.15, 0.2) is 35.2 Å². The average Bonchev–Trinajstić information content (AvgIpc) is 2.47. The summed E-state index contributed by atoms with van der Waals surface area (Å²) in [7, 11) is 0. The molecule has 1 aromatic rings. The molecule has 4 heteroatoms. The minimum absolute atomic E-state index is 0.317. The van der Waals surface area contributed by atoms with E-state index in [9.17, 15) is 4.79 Å². The molecule has 1 N–H and O–H groups in total. The molecule has 0 aliphatic carbocycles. The van der Waals surface area contributed by atoms with Crippen molar-refractivity contribution in [3.63, 3.8) is 0 Å². The molecule has 20 heavy (non-hydrogen) atoms. The normalized spacial score (nSPS) is 19.9. The summed E-state index contributed by atoms with van der Waals surface area (Å²) in [5.74, 6) is 1.01. The van der Waals surface area contributed by atoms with Gasteiger partial charge in [-0.25, -0.2) is 0 Å². The van der Waals surface area contributed by atoms with Crippen LogP contribution in [0.1, 0.15) is 25.7 Å². The number of nitrogens with zero attached hydrogens (tertiary/aromatic N) is 1. The lowest BCUT2D eigenvalue weighted by molar-refractivity contribution is -0.137. The Labute approximate surface area is 125 Å². The molecule has 110 valence electrons. The summed E-state index contributed by atoms with van der Waals surface area (Å²) in [6.45, 7) is 3.34. The van der Waals surface area contributed by atoms with Crippen molar-refractivity contribution in [2.75, 3.05) is 25.4 Å². The van der Waals surface area contributed by atoms with Crippen LogP contribution in [-0.2, 0) is 4.79 Å². The van der Waals surface area contributed by atoms with Gasteiger partial charge in [0.2, 0.25) is 0 Å². The van der Waals surface area contributed by atoms with Crippen molar-refractivity contribution in [3.8, 4) is 0 Å². The van der Waals surface area contributed by atoms with Crippen LogP contribution in [-0.4, -0.2) is 41.4 Å². The van der Waals surface area contributed by atoms with E-state index in [0.29, 0.717) is 12.3 Å². The van der Waals surface area contributed by atoms with Crippen molar-refractivity contribution in [2.45, 2.75) is 30.6 Å². The Morgan fingerprint density at radius 1 is 1.35 bits per heavy atom. The van der Waals surface area contributed by atoms with Crippen LogP contribution in [0, 0.1) is 5.92 Å². The van der Waals surface area contributed by atoms with Crippen LogP contribution in [0.3, 0.4) is 0 Å². The maximum atomic E-state index is 10.6. The van der Waals surface area contributed by atoms with Gasteiger partial charge in [0.25, 0.3) is 0 Å². The molecule has 1 aliphatic rings. The molecule has 0 spiro atoms. The van der Waals surface area contributed by atoms with Gasteiger partial charge in [0.15, 0.2) is 0 Å². The number of aliphatic carboxylic acids is 1. The van der Waals surface area contributed by atoms with Crippen LogP contribution >= 0.6 is 11.8 Å². The van der Waals surface area contributed by atoms with Gasteiger partial charge in [-0.15, -0.1) is 11.8 Å². The Kier molecular flexibility index (Phi) is 6.40. The third-order valence-electron chi connectivity index (χ3n) is 3.79. The number of hydrogen-bond acceptors (Lipinski definition) is 3. The van der Waals surface area contributed by atoms with Crippen molar-refractivity contribution < 1.29 is 9.90 Å². The minimum atomic E-state index is -0.665. The van der Waals surface area contributed by atoms with Crippen LogP contribution in [0.5, 0.6) is 0 Å². The van der Waals surface area contributed by atoms with Crippen molar-refractivity contribution >= 4 is 17.7 Å². The van der Waals surface area contributed by atoms with Crippen molar-refractivity contribution in [3.05, 3.63) is 30.3 Å². The molecule has 0 amide bonds. The van der Waals surface area contributed by atoms with Gasteiger partial charge in [-0.1, -0.05) is 18.2 Å². The van der Waals surface area contributed by atoms with E-state index in [1.54, 1.807) is 0 Å². The molecule has 1 heterocycles. The summed E-state index contributed by atoms with van der Waals surface area (Å²) in [4.78, 5) is 14.5. The van der Waals surface area contributed by atoms with Gasteiger partial charge in [0.05, 0.1) is 0 Å². The Morgan fingerprint density at radius 3 is 2.90 bits per heavy atom. The smallest absolute Gasteiger partial charge is 0.303 e. The summed E-state index contributed by atoms with van der Waals surface area (Å²) >= 11 is 1.90. The van der Waals surface area contributed by atoms with Crippen molar-refractivity contribution in [2.24, 2.45) is 5.92 Å². The lowest BCUT2D eigenvalue weighted by Crippen LogP contribution is -2.37. The highest BCUT2D eigenvalue weighted by atomic mass is 32.2. The van der Waals surface area contributed by atoms with E-state index in [-0.39, 0.29) is 0 Å². The third-order valence-corrected chi connectivity index (χ3v) is 4.78. The number of carboxylic acids is 1. The molecule has 1 aromatic carbocycles. The van der Waals surface area contributed by atoms with E-state index in [4.69, 9.17) is 5.11 Å². The lowest BCUT2D eigenvalue weighted by atomic mass is 9.93. The number of carbonyl (C=O) groups is 1. The van der Waals surface area contributed by atoms with Crippen LogP contribution in [0.2, 0.25) is 0 Å². The van der Waals surface area contributed by atoms with Gasteiger partial charge in [-0.3, -0.25) is 4.79 Å². The Hall–Kier alpha value is -1.00. The zero-order chi connectivity index (χ0) is 14.2. The molecule has 1 fully saturated rings. The molecule has 1 aliphatic heterocycles. The average molecular weight is 293 g/mol. The third kappa shape index (κ3) is 5.55. The van der Waals surface area contributed by atoms with Crippen molar-refractivity contribution in [1.29, 1.82) is 0 Å². The summed E-state index contributed by atoms with van der Waals surface area (Å²) < 4.78 is 0. The Morgan fingerprint density at radius 2 is 2.15 bits per heavy atom. The monoisotopic (exact) mass is 293 g/mol. The molecule has 1 saturated heterocycles. The van der Waals surface area contributed by atoms with Crippen LogP contribution < -0.4 is 0 Å². The van der Waals surface area contributed by atoms with Crippen molar-refractivity contribution in [1.82, 2.24) is 4.90 Å². The van der Waals surface area contributed by atoms with E-state index in [1.165, 1.54) is 24.3 Å². The van der Waals surface area contributed by atoms with Gasteiger partial charge >= 0.3 is 5.97 Å². The first-order valence-electron chi connectivity index (χ1n) is 7.36. The molecule has 0 aromatic heterocycles. The molecule has 2 rings (SSSR count). The van der Waals surface area contributed by atoms with E-state index < -0.39 is 5.97 Å². The standard InChI is InChI=1S/C16H23NO2S/c18-16(19)9-8-14-5-4-10-17(13-14)11-12-20-15-6-2-1-3-7-15/h1-3,6-7,14H,4-5,8-13H2,(H,18,19). The fourth-order valence-corrected chi connectivity index (χ4v) is 3.66. The number of carboxylic acid groups (broad SMARTS) is 1. The first kappa shape index (κ1) is 15.4. The maximum Gasteiger partial charge on any atom is 0.303 e. The van der Waals surface area contributed by atoms with E-state index in [2.05, 4.69) is 29.2 Å². The zero-order valence-corrected chi connectivity index (χ0v) is 12.6. The highest BCUT2D eigenvalue weighted by Crippen LogP contribution is 2.22. The summed E-state index contributed by atoms with van der Waals surface area (Å²) in [5, 5.41) is 8.76. The number of thioether (sulfide) groups is 1. The molecule has 0 radical (unpaired) electrons. The first-order chi connectivity index (χ1) is 9.74. The number of benzene rings is 1. The molecule has 0 bridgehead atoms. The summed E-state index contributed by atoms with van der Waals surface area (Å²) in [5.41, 5.74) is 0. The quantitative estimate of drug-likeness (QED) is 0.783. The minimum Gasteiger partial charge on any atom is -0.481 e. The maximum absolute atomic E-state index is 10.6. The van der Waals surface area contributed by atoms with Gasteiger partial charge < -0.3 is 10.0 Å². The molecule has 1 atom stereocenters. The molecule has 1 unspecified atom stereocenters. The van der Waals surface area contributed by atoms with E-state index in [1.807, 2.05) is 17.8 Å². The number of rotatable bonds is 7. The predicted molar refractivity (Wildman–Crippen MR) is 83.2 cm³/mol. The molecule has 0 saturated carbocycles. The fraction of sp³-hybridized carbons (Fsp3) is 0.562. The summed E-state index contributed by atoms with van der Waals surface area (Å²) in [6, 6.07) is 10.5. The first-order valence-corrected chi connectivity index (χ1v) is 8.34. The molecular formula is C16H23NO2S. The number of hydrogen-bond donors (Lipinski definition) is 1. The highest BCUT2D eigenvalue weighted by molar-refractivity contribution is 7.99. The van der Waals surface area contributed by atoms with Gasteiger partial charge in [-0.2, -0.15) is 0 Å². The van der Waals surface area contributed by atoms with Crippen LogP contribution in [0.25, 0.3) is 0 Å². The van der Waals surface area contributed by atoms with Gasteiger partial charge in [-0.05, 0) is 43.9 Å². The zero-order valence-electron chi connectivity index (χ0n) is 11.8. The second-order valence-electron chi connectivity index (χ2n) is 5.40. The molecule has 3 nitrogen and oxygen atoms in total. The second-order valence-corrected chi connectivity index (χ2v) is 6.57. The fourth-order valence-electron chi connectivity index (χ4n) is 2.73. The molecular weight excluding hydrogens is 270 g/mol. The lowest BCUT2D eigenvalue weighted by Gasteiger charge is -2.32. The second kappa shape index (κ2) is 8.32. The Bertz CT molecular complexity index is 410. The number of likely N-dealkylation sites (tertiary alicyclic amines) is 1. The van der Waals surface area contributed by atoms with Gasteiger partial charge in [0, 0.05) is 30.2 Å². The summed E-state index contributed by atoms with van der Waals surface area (Å²) in [6.07, 6.45) is 3.55. The highest BCUT2D eigenvalue weighted by Gasteiger charge is 2.20. The van der Waals surface area contributed by atoms with E-state index >= 15 is 0 Å². The SMILES string of the molecule is O=C(O)CCC1CCCN(CCSc2ccccc2)C1. The largest absolute Gasteiger partial charge is 0.481 e. The predicted octanol–water partition coefficient (Wildman–Crippen LogP) is 3.36.